The molecule has 0 bridgehead atoms. The third-order valence-electron chi connectivity index (χ3n) is 3.76. The van der Waals surface area contributed by atoms with Crippen LogP contribution in [-0.2, 0) is 4.79 Å². The third kappa shape index (κ3) is 5.21. The summed E-state index contributed by atoms with van der Waals surface area (Å²) in [6.07, 6.45) is 4.34. The Labute approximate surface area is 135 Å². The van der Waals surface area contributed by atoms with E-state index in [1.807, 2.05) is 6.92 Å². The molecular weight excluding hydrogens is 298 g/mol. The summed E-state index contributed by atoms with van der Waals surface area (Å²) in [5.74, 6) is 0.222. The van der Waals surface area contributed by atoms with Crippen LogP contribution in [0.25, 0.3) is 0 Å². The highest BCUT2D eigenvalue weighted by Gasteiger charge is 2.20. The number of hydrogen-bond donors (Lipinski definition) is 2. The summed E-state index contributed by atoms with van der Waals surface area (Å²) in [6.45, 7) is 3.38. The molecule has 2 N–H and O–H groups in total. The molecule has 1 aliphatic heterocycles. The topological polar surface area (TPSA) is 93.5 Å². The molecule has 1 atom stereocenters. The first-order valence-corrected chi connectivity index (χ1v) is 8.04. The Hall–Kier alpha value is -2.15. The fraction of sp³-hybridized carbons (Fsp3) is 0.562. The molecule has 1 aromatic rings. The van der Waals surface area contributed by atoms with Gasteiger partial charge < -0.3 is 15.4 Å². The molecule has 0 spiro atoms. The molecule has 1 aromatic carbocycles. The summed E-state index contributed by atoms with van der Waals surface area (Å²) in [6, 6.07) is 4.66. The molecule has 126 valence electrons. The monoisotopic (exact) mass is 321 g/mol. The van der Waals surface area contributed by atoms with Crippen LogP contribution in [0.1, 0.15) is 39.0 Å². The van der Waals surface area contributed by atoms with Gasteiger partial charge in [0.05, 0.1) is 17.6 Å². The number of carbonyl (C=O) groups is 1. The molecule has 0 radical (unpaired) electrons. The van der Waals surface area contributed by atoms with Gasteiger partial charge in [0.25, 0.3) is 5.69 Å². The van der Waals surface area contributed by atoms with Crippen LogP contribution in [0.3, 0.4) is 0 Å². The van der Waals surface area contributed by atoms with Crippen molar-refractivity contribution >= 4 is 17.3 Å². The van der Waals surface area contributed by atoms with E-state index in [1.54, 1.807) is 6.07 Å². The van der Waals surface area contributed by atoms with E-state index in [0.717, 1.165) is 32.2 Å². The van der Waals surface area contributed by atoms with E-state index in [2.05, 4.69) is 10.6 Å². The zero-order chi connectivity index (χ0) is 16.7. The second-order valence-corrected chi connectivity index (χ2v) is 5.68. The fourth-order valence-electron chi connectivity index (χ4n) is 2.60. The molecule has 1 saturated heterocycles. The van der Waals surface area contributed by atoms with Crippen molar-refractivity contribution in [1.82, 2.24) is 5.32 Å². The van der Waals surface area contributed by atoms with Crippen molar-refractivity contribution in [2.75, 3.05) is 18.5 Å². The number of amides is 1. The van der Waals surface area contributed by atoms with Gasteiger partial charge in [-0.2, -0.15) is 0 Å². The molecule has 1 amide bonds. The van der Waals surface area contributed by atoms with E-state index in [9.17, 15) is 14.9 Å². The Balaban J connectivity index is 2.02. The Morgan fingerprint density at radius 2 is 2.30 bits per heavy atom. The van der Waals surface area contributed by atoms with Crippen LogP contribution >= 0.6 is 0 Å². The van der Waals surface area contributed by atoms with Crippen molar-refractivity contribution in [3.05, 3.63) is 28.3 Å². The van der Waals surface area contributed by atoms with Gasteiger partial charge in [-0.05, 0) is 37.9 Å². The SMILES string of the molecule is CCCOc1ccc(NC(=O)CC2CCCCN2)c([N+](=O)[O-])c1. The quantitative estimate of drug-likeness (QED) is 0.595. The summed E-state index contributed by atoms with van der Waals surface area (Å²) < 4.78 is 5.40. The molecule has 1 aliphatic rings. The van der Waals surface area contributed by atoms with Gasteiger partial charge in [-0.3, -0.25) is 14.9 Å². The van der Waals surface area contributed by atoms with E-state index in [0.29, 0.717) is 18.8 Å². The van der Waals surface area contributed by atoms with Crippen LogP contribution in [0.5, 0.6) is 5.75 Å². The van der Waals surface area contributed by atoms with Gasteiger partial charge in [0.15, 0.2) is 0 Å². The normalized spacial score (nSPS) is 17.5. The number of ether oxygens (including phenoxy) is 1. The van der Waals surface area contributed by atoms with Gasteiger partial charge in [-0.25, -0.2) is 0 Å². The van der Waals surface area contributed by atoms with Crippen molar-refractivity contribution in [2.45, 2.75) is 45.1 Å². The van der Waals surface area contributed by atoms with Crippen LogP contribution in [0.2, 0.25) is 0 Å². The largest absolute Gasteiger partial charge is 0.493 e. The van der Waals surface area contributed by atoms with E-state index in [-0.39, 0.29) is 23.3 Å². The molecule has 23 heavy (non-hydrogen) atoms. The van der Waals surface area contributed by atoms with E-state index in [4.69, 9.17) is 4.74 Å². The van der Waals surface area contributed by atoms with Crippen molar-refractivity contribution < 1.29 is 14.5 Å². The van der Waals surface area contributed by atoms with Crippen molar-refractivity contribution in [3.63, 3.8) is 0 Å². The summed E-state index contributed by atoms with van der Waals surface area (Å²) in [7, 11) is 0. The highest BCUT2D eigenvalue weighted by Crippen LogP contribution is 2.29. The lowest BCUT2D eigenvalue weighted by Gasteiger charge is -2.22. The van der Waals surface area contributed by atoms with Gasteiger partial charge in [0.2, 0.25) is 5.91 Å². The van der Waals surface area contributed by atoms with Gasteiger partial charge >= 0.3 is 0 Å². The van der Waals surface area contributed by atoms with E-state index >= 15 is 0 Å². The fourth-order valence-corrected chi connectivity index (χ4v) is 2.60. The number of nitro groups is 1. The predicted octanol–water partition coefficient (Wildman–Crippen LogP) is 2.85. The van der Waals surface area contributed by atoms with Crippen molar-refractivity contribution in [1.29, 1.82) is 0 Å². The lowest BCUT2D eigenvalue weighted by Crippen LogP contribution is -2.37. The second-order valence-electron chi connectivity index (χ2n) is 5.68. The molecule has 1 heterocycles. The zero-order valence-corrected chi connectivity index (χ0v) is 13.3. The average Bonchev–Trinajstić information content (AvgIpc) is 2.54. The minimum Gasteiger partial charge on any atom is -0.493 e. The Morgan fingerprint density at radius 1 is 1.48 bits per heavy atom. The number of hydrogen-bond acceptors (Lipinski definition) is 5. The molecule has 1 fully saturated rings. The number of carbonyl (C=O) groups excluding carboxylic acids is 1. The van der Waals surface area contributed by atoms with Crippen LogP contribution in [0.15, 0.2) is 18.2 Å². The van der Waals surface area contributed by atoms with Crippen molar-refractivity contribution in [3.8, 4) is 5.75 Å². The zero-order valence-electron chi connectivity index (χ0n) is 13.3. The number of benzene rings is 1. The standard InChI is InChI=1S/C16H23N3O4/c1-2-9-23-13-6-7-14(15(11-13)19(21)22)18-16(20)10-12-5-3-4-8-17-12/h6-7,11-12,17H,2-5,8-10H2,1H3,(H,18,20). The molecule has 0 saturated carbocycles. The minimum absolute atomic E-state index is 0.148. The lowest BCUT2D eigenvalue weighted by atomic mass is 10.0. The summed E-state index contributed by atoms with van der Waals surface area (Å²) in [5, 5.41) is 17.1. The van der Waals surface area contributed by atoms with Crippen LogP contribution in [0, 0.1) is 10.1 Å². The van der Waals surface area contributed by atoms with Crippen LogP contribution in [0.4, 0.5) is 11.4 Å². The molecule has 1 unspecified atom stereocenters. The number of anilines is 1. The lowest BCUT2D eigenvalue weighted by molar-refractivity contribution is -0.384. The van der Waals surface area contributed by atoms with Gasteiger partial charge in [-0.1, -0.05) is 13.3 Å². The maximum absolute atomic E-state index is 12.1. The maximum atomic E-state index is 12.1. The smallest absolute Gasteiger partial charge is 0.296 e. The highest BCUT2D eigenvalue weighted by atomic mass is 16.6. The van der Waals surface area contributed by atoms with Gasteiger partial charge in [0, 0.05) is 12.5 Å². The summed E-state index contributed by atoms with van der Waals surface area (Å²) in [5.41, 5.74) is 0.0585. The number of rotatable bonds is 7. The van der Waals surface area contributed by atoms with Crippen molar-refractivity contribution in [2.24, 2.45) is 0 Å². The molecule has 2 rings (SSSR count). The molecule has 7 heteroatoms. The summed E-state index contributed by atoms with van der Waals surface area (Å²) >= 11 is 0. The highest BCUT2D eigenvalue weighted by molar-refractivity contribution is 5.93. The Kier molecular flexibility index (Phi) is 6.34. The van der Waals surface area contributed by atoms with Crippen LogP contribution in [-0.4, -0.2) is 30.0 Å². The predicted molar refractivity (Wildman–Crippen MR) is 87.8 cm³/mol. The molecule has 0 aromatic heterocycles. The first-order valence-electron chi connectivity index (χ1n) is 8.04. The number of nitro benzene ring substituents is 1. The maximum Gasteiger partial charge on any atom is 0.296 e. The first-order chi connectivity index (χ1) is 11.1. The van der Waals surface area contributed by atoms with E-state index < -0.39 is 4.92 Å². The summed E-state index contributed by atoms with van der Waals surface area (Å²) in [4.78, 5) is 22.8. The minimum atomic E-state index is -0.507. The average molecular weight is 321 g/mol. The van der Waals surface area contributed by atoms with Gasteiger partial charge in [-0.15, -0.1) is 0 Å². The van der Waals surface area contributed by atoms with Crippen LogP contribution < -0.4 is 15.4 Å². The molecule has 7 nitrogen and oxygen atoms in total. The Morgan fingerprint density at radius 3 is 2.96 bits per heavy atom. The molecular formula is C16H23N3O4. The van der Waals surface area contributed by atoms with E-state index in [1.165, 1.54) is 12.1 Å². The first kappa shape index (κ1) is 17.2. The third-order valence-corrected chi connectivity index (χ3v) is 3.76. The van der Waals surface area contributed by atoms with Gasteiger partial charge in [0.1, 0.15) is 11.4 Å². The number of nitrogens with zero attached hydrogens (tertiary/aromatic N) is 1. The number of nitrogens with one attached hydrogen (secondary N) is 2. The second kappa shape index (κ2) is 8.47. The number of piperidine rings is 1. The Bertz CT molecular complexity index is 556. The molecule has 0 aliphatic carbocycles.